The lowest BCUT2D eigenvalue weighted by Gasteiger charge is -2.25. The molecule has 2 aromatic rings. The molecule has 24 heavy (non-hydrogen) atoms. The molecular weight excluding hydrogens is 340 g/mol. The summed E-state index contributed by atoms with van der Waals surface area (Å²) in [6.07, 6.45) is 0.300. The SMILES string of the molecule is Cc1ccc(N(CCC#N)C(=O)C(C)Sc2cccc(Cl)c2)cc1. The number of thioether (sulfide) groups is 1. The second-order valence-corrected chi connectivity index (χ2v) is 7.30. The van der Waals surface area contributed by atoms with Crippen molar-refractivity contribution in [1.29, 1.82) is 5.26 Å². The molecular formula is C19H19ClN2OS. The zero-order valence-corrected chi connectivity index (χ0v) is 15.3. The molecule has 0 heterocycles. The fourth-order valence-corrected chi connectivity index (χ4v) is 3.51. The van der Waals surface area contributed by atoms with Crippen molar-refractivity contribution in [2.45, 2.75) is 30.4 Å². The van der Waals surface area contributed by atoms with E-state index in [9.17, 15) is 4.79 Å². The highest BCUT2D eigenvalue weighted by Gasteiger charge is 2.22. The summed E-state index contributed by atoms with van der Waals surface area (Å²) in [6, 6.07) is 17.4. The molecule has 0 aliphatic rings. The number of anilines is 1. The van der Waals surface area contributed by atoms with Gasteiger partial charge in [0.15, 0.2) is 0 Å². The maximum absolute atomic E-state index is 12.9. The Bertz CT molecular complexity index is 740. The van der Waals surface area contributed by atoms with E-state index in [-0.39, 0.29) is 11.2 Å². The van der Waals surface area contributed by atoms with Crippen LogP contribution in [0.3, 0.4) is 0 Å². The molecule has 1 unspecified atom stereocenters. The van der Waals surface area contributed by atoms with Gasteiger partial charge in [-0.15, -0.1) is 11.8 Å². The second kappa shape index (κ2) is 8.77. The maximum Gasteiger partial charge on any atom is 0.240 e. The number of nitriles is 1. The van der Waals surface area contributed by atoms with Crippen LogP contribution in [0.4, 0.5) is 5.69 Å². The van der Waals surface area contributed by atoms with Gasteiger partial charge in [0.25, 0.3) is 0 Å². The number of benzene rings is 2. The van der Waals surface area contributed by atoms with Gasteiger partial charge in [-0.25, -0.2) is 0 Å². The molecule has 124 valence electrons. The van der Waals surface area contributed by atoms with Crippen LogP contribution in [0.15, 0.2) is 53.4 Å². The molecule has 1 atom stereocenters. The molecule has 0 fully saturated rings. The summed E-state index contributed by atoms with van der Waals surface area (Å²) in [5, 5.41) is 9.26. The summed E-state index contributed by atoms with van der Waals surface area (Å²) in [5.74, 6) is -0.0147. The van der Waals surface area contributed by atoms with E-state index in [1.54, 1.807) is 4.90 Å². The number of aryl methyl sites for hydroxylation is 1. The third-order valence-electron chi connectivity index (χ3n) is 3.52. The fraction of sp³-hybridized carbons (Fsp3) is 0.263. The Morgan fingerprint density at radius 1 is 1.29 bits per heavy atom. The number of hydrogen-bond acceptors (Lipinski definition) is 3. The molecule has 0 bridgehead atoms. The summed E-state index contributed by atoms with van der Waals surface area (Å²) in [6.45, 7) is 4.27. The Labute approximate surface area is 152 Å². The Morgan fingerprint density at radius 3 is 2.62 bits per heavy atom. The van der Waals surface area contributed by atoms with Gasteiger partial charge in [-0.2, -0.15) is 5.26 Å². The number of hydrogen-bond donors (Lipinski definition) is 0. The number of rotatable bonds is 6. The van der Waals surface area contributed by atoms with Gasteiger partial charge in [-0.05, 0) is 44.2 Å². The van der Waals surface area contributed by atoms with Gasteiger partial charge in [-0.3, -0.25) is 4.79 Å². The van der Waals surface area contributed by atoms with Crippen molar-refractivity contribution in [2.24, 2.45) is 0 Å². The Morgan fingerprint density at radius 2 is 2.00 bits per heavy atom. The third kappa shape index (κ3) is 5.02. The lowest BCUT2D eigenvalue weighted by Crippen LogP contribution is -2.37. The first-order chi connectivity index (χ1) is 11.5. The van der Waals surface area contributed by atoms with E-state index < -0.39 is 0 Å². The molecule has 2 rings (SSSR count). The van der Waals surface area contributed by atoms with Gasteiger partial charge in [-0.1, -0.05) is 35.4 Å². The molecule has 0 radical (unpaired) electrons. The van der Waals surface area contributed by atoms with Crippen LogP contribution in [-0.4, -0.2) is 17.7 Å². The summed E-state index contributed by atoms with van der Waals surface area (Å²) < 4.78 is 0. The van der Waals surface area contributed by atoms with E-state index in [0.29, 0.717) is 18.0 Å². The zero-order valence-electron chi connectivity index (χ0n) is 13.7. The predicted molar refractivity (Wildman–Crippen MR) is 101 cm³/mol. The molecule has 0 aliphatic heterocycles. The Hall–Kier alpha value is -1.96. The van der Waals surface area contributed by atoms with Crippen LogP contribution in [0.25, 0.3) is 0 Å². The number of carbonyl (C=O) groups is 1. The molecule has 3 nitrogen and oxygen atoms in total. The number of carbonyl (C=O) groups excluding carboxylic acids is 1. The minimum absolute atomic E-state index is 0.0147. The highest BCUT2D eigenvalue weighted by molar-refractivity contribution is 8.00. The zero-order chi connectivity index (χ0) is 17.5. The normalized spacial score (nSPS) is 11.6. The fourth-order valence-electron chi connectivity index (χ4n) is 2.27. The van der Waals surface area contributed by atoms with E-state index in [1.165, 1.54) is 11.8 Å². The highest BCUT2D eigenvalue weighted by Crippen LogP contribution is 2.28. The molecule has 0 N–H and O–H groups in total. The number of halogens is 1. The van der Waals surface area contributed by atoms with Crippen LogP contribution < -0.4 is 4.90 Å². The summed E-state index contributed by atoms with van der Waals surface area (Å²) in [7, 11) is 0. The van der Waals surface area contributed by atoms with Crippen LogP contribution >= 0.6 is 23.4 Å². The van der Waals surface area contributed by atoms with Crippen molar-refractivity contribution in [3.05, 3.63) is 59.1 Å². The van der Waals surface area contributed by atoms with Crippen LogP contribution in [0.2, 0.25) is 5.02 Å². The van der Waals surface area contributed by atoms with E-state index in [2.05, 4.69) is 6.07 Å². The van der Waals surface area contributed by atoms with Crippen molar-refractivity contribution in [3.63, 3.8) is 0 Å². The molecule has 0 saturated heterocycles. The molecule has 1 amide bonds. The van der Waals surface area contributed by atoms with Crippen LogP contribution in [-0.2, 0) is 4.79 Å². The average Bonchev–Trinajstić information content (AvgIpc) is 2.56. The Balaban J connectivity index is 2.17. The topological polar surface area (TPSA) is 44.1 Å². The predicted octanol–water partition coefficient (Wildman–Crippen LogP) is 5.08. The molecule has 5 heteroatoms. The molecule has 0 saturated carbocycles. The van der Waals surface area contributed by atoms with Gasteiger partial charge in [0.05, 0.1) is 17.7 Å². The van der Waals surface area contributed by atoms with Crippen LogP contribution in [0, 0.1) is 18.3 Å². The monoisotopic (exact) mass is 358 g/mol. The lowest BCUT2D eigenvalue weighted by molar-refractivity contribution is -0.117. The van der Waals surface area contributed by atoms with Crippen molar-refractivity contribution < 1.29 is 4.79 Å². The first-order valence-corrected chi connectivity index (χ1v) is 8.94. The van der Waals surface area contributed by atoms with Gasteiger partial charge < -0.3 is 4.90 Å². The second-order valence-electron chi connectivity index (χ2n) is 5.45. The third-order valence-corrected chi connectivity index (χ3v) is 4.83. The largest absolute Gasteiger partial charge is 0.310 e. The van der Waals surface area contributed by atoms with E-state index >= 15 is 0 Å². The van der Waals surface area contributed by atoms with Crippen molar-refractivity contribution in [3.8, 4) is 6.07 Å². The number of amides is 1. The summed E-state index contributed by atoms with van der Waals surface area (Å²) in [5.41, 5.74) is 1.95. The van der Waals surface area contributed by atoms with Crippen molar-refractivity contribution in [1.82, 2.24) is 0 Å². The minimum Gasteiger partial charge on any atom is -0.310 e. The van der Waals surface area contributed by atoms with E-state index in [0.717, 1.165) is 16.1 Å². The Kier molecular flexibility index (Phi) is 6.72. The van der Waals surface area contributed by atoms with Gasteiger partial charge in [0.2, 0.25) is 5.91 Å². The molecule has 0 aliphatic carbocycles. The van der Waals surface area contributed by atoms with E-state index in [4.69, 9.17) is 16.9 Å². The van der Waals surface area contributed by atoms with Gasteiger partial charge in [0, 0.05) is 22.2 Å². The van der Waals surface area contributed by atoms with Crippen LogP contribution in [0.5, 0.6) is 0 Å². The lowest BCUT2D eigenvalue weighted by atomic mass is 10.2. The van der Waals surface area contributed by atoms with Gasteiger partial charge in [0.1, 0.15) is 0 Å². The summed E-state index contributed by atoms with van der Waals surface area (Å²) >= 11 is 7.47. The standard InChI is InChI=1S/C19H19ClN2OS/c1-14-7-9-17(10-8-14)22(12-4-11-21)19(23)15(2)24-18-6-3-5-16(20)13-18/h3,5-10,13,15H,4,12H2,1-2H3. The maximum atomic E-state index is 12.9. The molecule has 0 aromatic heterocycles. The van der Waals surface area contributed by atoms with E-state index in [1.807, 2.05) is 62.4 Å². The molecule has 2 aromatic carbocycles. The first kappa shape index (κ1) is 18.4. The quantitative estimate of drug-likeness (QED) is 0.676. The molecule has 0 spiro atoms. The van der Waals surface area contributed by atoms with Crippen LogP contribution in [0.1, 0.15) is 18.9 Å². The van der Waals surface area contributed by atoms with Gasteiger partial charge >= 0.3 is 0 Å². The number of nitrogens with zero attached hydrogens (tertiary/aromatic N) is 2. The van der Waals surface area contributed by atoms with Crippen molar-refractivity contribution in [2.75, 3.05) is 11.4 Å². The average molecular weight is 359 g/mol. The minimum atomic E-state index is -0.275. The van der Waals surface area contributed by atoms with Crippen molar-refractivity contribution >= 4 is 35.0 Å². The smallest absolute Gasteiger partial charge is 0.240 e. The highest BCUT2D eigenvalue weighted by atomic mass is 35.5. The summed E-state index contributed by atoms with van der Waals surface area (Å²) in [4.78, 5) is 15.5. The first-order valence-electron chi connectivity index (χ1n) is 7.68.